The van der Waals surface area contributed by atoms with Crippen molar-refractivity contribution in [2.24, 2.45) is 0 Å². The highest BCUT2D eigenvalue weighted by molar-refractivity contribution is 7.89. The number of hydrogen-bond acceptors (Lipinski definition) is 4. The summed E-state index contributed by atoms with van der Waals surface area (Å²) >= 11 is 6.04. The Bertz CT molecular complexity index is 576. The SMILES string of the molecule is C=CCN(CCO)S(=O)(=O)c1cc(CNCC)ccc1Cl. The van der Waals surface area contributed by atoms with E-state index < -0.39 is 10.0 Å². The van der Waals surface area contributed by atoms with Gasteiger partial charge in [-0.2, -0.15) is 4.31 Å². The Balaban J connectivity index is 3.18. The van der Waals surface area contributed by atoms with E-state index in [1.807, 2.05) is 6.92 Å². The van der Waals surface area contributed by atoms with E-state index in [9.17, 15) is 8.42 Å². The predicted molar refractivity (Wildman–Crippen MR) is 84.9 cm³/mol. The first-order valence-corrected chi connectivity index (χ1v) is 8.50. The molecular formula is C14H21ClN2O3S. The fourth-order valence-corrected chi connectivity index (χ4v) is 3.76. The smallest absolute Gasteiger partial charge is 0.244 e. The number of hydrogen-bond donors (Lipinski definition) is 2. The van der Waals surface area contributed by atoms with Gasteiger partial charge >= 0.3 is 0 Å². The Hall–Kier alpha value is -0.920. The number of rotatable bonds is 9. The van der Waals surface area contributed by atoms with Crippen molar-refractivity contribution in [3.8, 4) is 0 Å². The number of halogens is 1. The van der Waals surface area contributed by atoms with Crippen LogP contribution >= 0.6 is 11.6 Å². The van der Waals surface area contributed by atoms with Crippen molar-refractivity contribution in [1.29, 1.82) is 0 Å². The van der Waals surface area contributed by atoms with Crippen molar-refractivity contribution in [2.45, 2.75) is 18.4 Å². The van der Waals surface area contributed by atoms with E-state index in [4.69, 9.17) is 16.7 Å². The fraction of sp³-hybridized carbons (Fsp3) is 0.429. The average Bonchev–Trinajstić information content (AvgIpc) is 2.46. The zero-order valence-electron chi connectivity index (χ0n) is 12.0. The molecule has 2 N–H and O–H groups in total. The molecule has 0 fully saturated rings. The lowest BCUT2D eigenvalue weighted by Gasteiger charge is -2.20. The number of benzene rings is 1. The lowest BCUT2D eigenvalue weighted by molar-refractivity contribution is 0.260. The van der Waals surface area contributed by atoms with Gasteiger partial charge in [0.25, 0.3) is 0 Å². The van der Waals surface area contributed by atoms with E-state index in [2.05, 4.69) is 11.9 Å². The maximum Gasteiger partial charge on any atom is 0.244 e. The van der Waals surface area contributed by atoms with E-state index in [-0.39, 0.29) is 29.6 Å². The van der Waals surface area contributed by atoms with Crippen LogP contribution in [0.4, 0.5) is 0 Å². The van der Waals surface area contributed by atoms with Crippen LogP contribution in [0.2, 0.25) is 5.02 Å². The van der Waals surface area contributed by atoms with Gasteiger partial charge in [-0.3, -0.25) is 0 Å². The first kappa shape index (κ1) is 18.1. The second-order valence-corrected chi connectivity index (χ2v) is 6.73. The third kappa shape index (κ3) is 4.79. The summed E-state index contributed by atoms with van der Waals surface area (Å²) in [5, 5.41) is 12.3. The Kier molecular flexibility index (Phi) is 7.34. The lowest BCUT2D eigenvalue weighted by Crippen LogP contribution is -2.34. The highest BCUT2D eigenvalue weighted by Crippen LogP contribution is 2.26. The van der Waals surface area contributed by atoms with Crippen LogP contribution in [0.5, 0.6) is 0 Å². The summed E-state index contributed by atoms with van der Waals surface area (Å²) in [4.78, 5) is 0.0508. The predicted octanol–water partition coefficient (Wildman–Crippen LogP) is 1.62. The molecule has 0 aliphatic rings. The van der Waals surface area contributed by atoms with Gasteiger partial charge in [-0.05, 0) is 24.2 Å². The Labute approximate surface area is 131 Å². The molecule has 1 aromatic carbocycles. The summed E-state index contributed by atoms with van der Waals surface area (Å²) < 4.78 is 26.4. The maximum absolute atomic E-state index is 12.6. The monoisotopic (exact) mass is 332 g/mol. The topological polar surface area (TPSA) is 69.6 Å². The summed E-state index contributed by atoms with van der Waals surface area (Å²) in [6, 6.07) is 4.92. The van der Waals surface area contributed by atoms with Gasteiger partial charge in [-0.25, -0.2) is 8.42 Å². The molecule has 0 saturated heterocycles. The summed E-state index contributed by atoms with van der Waals surface area (Å²) in [5.74, 6) is 0. The van der Waals surface area contributed by atoms with Crippen molar-refractivity contribution >= 4 is 21.6 Å². The van der Waals surface area contributed by atoms with Crippen LogP contribution in [0.25, 0.3) is 0 Å². The molecule has 0 aromatic heterocycles. The minimum Gasteiger partial charge on any atom is -0.395 e. The third-order valence-corrected chi connectivity index (χ3v) is 5.22. The van der Waals surface area contributed by atoms with E-state index in [0.29, 0.717) is 6.54 Å². The van der Waals surface area contributed by atoms with Crippen LogP contribution in [-0.2, 0) is 16.6 Å². The summed E-state index contributed by atoms with van der Waals surface area (Å²) in [6.45, 7) is 6.73. The fourth-order valence-electron chi connectivity index (χ4n) is 1.83. The van der Waals surface area contributed by atoms with E-state index in [1.54, 1.807) is 18.2 Å². The van der Waals surface area contributed by atoms with Crippen LogP contribution in [0.1, 0.15) is 12.5 Å². The Morgan fingerprint density at radius 3 is 2.76 bits per heavy atom. The van der Waals surface area contributed by atoms with E-state index in [1.165, 1.54) is 6.08 Å². The van der Waals surface area contributed by atoms with E-state index >= 15 is 0 Å². The minimum atomic E-state index is -3.76. The zero-order chi connectivity index (χ0) is 15.9. The molecule has 0 aliphatic carbocycles. The molecule has 0 heterocycles. The summed E-state index contributed by atoms with van der Waals surface area (Å²) in [5.41, 5.74) is 0.836. The van der Waals surface area contributed by atoms with Gasteiger partial charge in [-0.15, -0.1) is 6.58 Å². The number of nitrogens with zero attached hydrogens (tertiary/aromatic N) is 1. The molecule has 118 valence electrons. The normalized spacial score (nSPS) is 11.8. The maximum atomic E-state index is 12.6. The number of aliphatic hydroxyl groups excluding tert-OH is 1. The zero-order valence-corrected chi connectivity index (χ0v) is 13.6. The molecule has 21 heavy (non-hydrogen) atoms. The van der Waals surface area contributed by atoms with Crippen molar-refractivity contribution in [3.05, 3.63) is 41.4 Å². The van der Waals surface area contributed by atoms with Gasteiger partial charge in [0, 0.05) is 19.6 Å². The lowest BCUT2D eigenvalue weighted by atomic mass is 10.2. The first-order chi connectivity index (χ1) is 9.97. The Morgan fingerprint density at radius 2 is 2.19 bits per heavy atom. The van der Waals surface area contributed by atoms with Gasteiger partial charge in [0.2, 0.25) is 10.0 Å². The van der Waals surface area contributed by atoms with Gasteiger partial charge < -0.3 is 10.4 Å². The average molecular weight is 333 g/mol. The van der Waals surface area contributed by atoms with Crippen LogP contribution in [-0.4, -0.2) is 44.1 Å². The Morgan fingerprint density at radius 1 is 1.48 bits per heavy atom. The van der Waals surface area contributed by atoms with E-state index in [0.717, 1.165) is 16.4 Å². The molecular weight excluding hydrogens is 312 g/mol. The van der Waals surface area contributed by atoms with Crippen molar-refractivity contribution in [1.82, 2.24) is 9.62 Å². The molecule has 0 bridgehead atoms. The van der Waals surface area contributed by atoms with Crippen LogP contribution < -0.4 is 5.32 Å². The van der Waals surface area contributed by atoms with Crippen molar-refractivity contribution in [2.75, 3.05) is 26.2 Å². The molecule has 7 heteroatoms. The molecule has 0 aliphatic heterocycles. The molecule has 0 amide bonds. The van der Waals surface area contributed by atoms with Crippen LogP contribution in [0.3, 0.4) is 0 Å². The van der Waals surface area contributed by atoms with Gasteiger partial charge in [-0.1, -0.05) is 30.7 Å². The van der Waals surface area contributed by atoms with Crippen LogP contribution in [0.15, 0.2) is 35.7 Å². The second kappa shape index (κ2) is 8.51. The van der Waals surface area contributed by atoms with Gasteiger partial charge in [0.1, 0.15) is 4.90 Å². The second-order valence-electron chi connectivity index (χ2n) is 4.42. The highest BCUT2D eigenvalue weighted by Gasteiger charge is 2.25. The molecule has 0 radical (unpaired) electrons. The molecule has 0 saturated carbocycles. The number of aliphatic hydroxyl groups is 1. The summed E-state index contributed by atoms with van der Waals surface area (Å²) in [7, 11) is -3.76. The molecule has 0 atom stereocenters. The molecule has 1 aromatic rings. The minimum absolute atomic E-state index is 0.00210. The highest BCUT2D eigenvalue weighted by atomic mass is 35.5. The van der Waals surface area contributed by atoms with Crippen molar-refractivity contribution in [3.63, 3.8) is 0 Å². The van der Waals surface area contributed by atoms with Gasteiger partial charge in [0.15, 0.2) is 0 Å². The number of nitrogens with one attached hydrogen (secondary N) is 1. The summed E-state index contributed by atoms with van der Waals surface area (Å²) in [6.07, 6.45) is 1.48. The van der Waals surface area contributed by atoms with Gasteiger partial charge in [0.05, 0.1) is 11.6 Å². The standard InChI is InChI=1S/C14H21ClN2O3S/c1-3-7-17(8-9-18)21(19,20)14-10-12(11-16-4-2)5-6-13(14)15/h3,5-6,10,16,18H,1,4,7-9,11H2,2H3. The van der Waals surface area contributed by atoms with Crippen molar-refractivity contribution < 1.29 is 13.5 Å². The molecule has 0 unspecified atom stereocenters. The third-order valence-electron chi connectivity index (χ3n) is 2.87. The number of sulfonamides is 1. The first-order valence-electron chi connectivity index (χ1n) is 6.68. The molecule has 1 rings (SSSR count). The quantitative estimate of drug-likeness (QED) is 0.674. The van der Waals surface area contributed by atoms with Crippen LogP contribution in [0, 0.1) is 0 Å². The molecule has 0 spiro atoms. The molecule has 5 nitrogen and oxygen atoms in total. The largest absolute Gasteiger partial charge is 0.395 e.